The molecule has 0 saturated carbocycles. The van der Waals surface area contributed by atoms with Crippen LogP contribution in [0.25, 0.3) is 0 Å². The van der Waals surface area contributed by atoms with Gasteiger partial charge in [-0.1, -0.05) is 0 Å². The molecule has 0 rings (SSSR count). The Morgan fingerprint density at radius 1 is 1.50 bits per heavy atom. The molecule has 0 saturated heterocycles. The summed E-state index contributed by atoms with van der Waals surface area (Å²) in [6.45, 7) is 0.0781. The number of alkyl halides is 1. The molecule has 0 atom stereocenters. The second-order valence-corrected chi connectivity index (χ2v) is 4.43. The van der Waals surface area contributed by atoms with E-state index in [9.17, 15) is 13.2 Å². The van der Waals surface area contributed by atoms with Crippen LogP contribution in [0.15, 0.2) is 0 Å². The lowest BCUT2D eigenvalue weighted by molar-refractivity contribution is -0.120. The SMILES string of the molecule is CNC(=O)CCNS(=O)(=O)CCl. The van der Waals surface area contributed by atoms with Crippen LogP contribution in [0.4, 0.5) is 0 Å². The van der Waals surface area contributed by atoms with Crippen LogP contribution in [0.3, 0.4) is 0 Å². The summed E-state index contributed by atoms with van der Waals surface area (Å²) in [4.78, 5) is 10.6. The number of amides is 1. The third-order valence-corrected chi connectivity index (χ3v) is 2.89. The van der Waals surface area contributed by atoms with Crippen molar-refractivity contribution in [3.8, 4) is 0 Å². The second kappa shape index (κ2) is 5.34. The molecule has 12 heavy (non-hydrogen) atoms. The maximum absolute atomic E-state index is 10.7. The van der Waals surface area contributed by atoms with E-state index in [0.29, 0.717) is 0 Å². The Hall–Kier alpha value is -0.330. The molecule has 0 aliphatic rings. The fraction of sp³-hybridized carbons (Fsp3) is 0.800. The van der Waals surface area contributed by atoms with Crippen LogP contribution in [0.2, 0.25) is 0 Å². The van der Waals surface area contributed by atoms with Crippen LogP contribution in [0, 0.1) is 0 Å². The Balaban J connectivity index is 3.64. The first kappa shape index (κ1) is 11.7. The van der Waals surface area contributed by atoms with Crippen molar-refractivity contribution in [2.75, 3.05) is 18.8 Å². The van der Waals surface area contributed by atoms with Gasteiger partial charge in [0.15, 0.2) is 0 Å². The summed E-state index contributed by atoms with van der Waals surface area (Å²) < 4.78 is 23.5. The fourth-order valence-electron chi connectivity index (χ4n) is 0.484. The Bertz CT molecular complexity index is 239. The molecular weight excluding hydrogens is 204 g/mol. The van der Waals surface area contributed by atoms with Crippen molar-refractivity contribution in [2.24, 2.45) is 0 Å². The van der Waals surface area contributed by atoms with Crippen molar-refractivity contribution in [1.29, 1.82) is 0 Å². The molecule has 5 nitrogen and oxygen atoms in total. The molecular formula is C5H11ClN2O3S. The van der Waals surface area contributed by atoms with Gasteiger partial charge in [0.05, 0.1) is 0 Å². The molecule has 0 aromatic heterocycles. The Morgan fingerprint density at radius 3 is 2.50 bits per heavy atom. The minimum atomic E-state index is -3.39. The summed E-state index contributed by atoms with van der Waals surface area (Å²) in [5.74, 6) is -0.215. The number of hydrogen-bond acceptors (Lipinski definition) is 3. The monoisotopic (exact) mass is 214 g/mol. The summed E-state index contributed by atoms with van der Waals surface area (Å²) in [7, 11) is -1.90. The first-order chi connectivity index (χ1) is 5.52. The van der Waals surface area contributed by atoms with E-state index in [0.717, 1.165) is 0 Å². The van der Waals surface area contributed by atoms with E-state index in [1.54, 1.807) is 0 Å². The van der Waals surface area contributed by atoms with E-state index in [4.69, 9.17) is 11.6 Å². The highest BCUT2D eigenvalue weighted by Crippen LogP contribution is 1.87. The van der Waals surface area contributed by atoms with E-state index in [-0.39, 0.29) is 18.9 Å². The van der Waals surface area contributed by atoms with Gasteiger partial charge in [0.25, 0.3) is 0 Å². The summed E-state index contributed by atoms with van der Waals surface area (Å²) in [5.41, 5.74) is 0. The first-order valence-corrected chi connectivity index (χ1v) is 5.44. The topological polar surface area (TPSA) is 75.3 Å². The zero-order chi connectivity index (χ0) is 9.61. The molecule has 0 aliphatic heterocycles. The number of rotatable bonds is 5. The van der Waals surface area contributed by atoms with Crippen molar-refractivity contribution < 1.29 is 13.2 Å². The lowest BCUT2D eigenvalue weighted by atomic mass is 10.4. The summed E-state index contributed by atoms with van der Waals surface area (Å²) in [6, 6.07) is 0. The molecule has 0 aliphatic carbocycles. The van der Waals surface area contributed by atoms with E-state index in [2.05, 4.69) is 10.0 Å². The molecule has 0 aromatic rings. The van der Waals surface area contributed by atoms with Crippen molar-refractivity contribution >= 4 is 27.5 Å². The lowest BCUT2D eigenvalue weighted by Crippen LogP contribution is -2.29. The van der Waals surface area contributed by atoms with E-state index < -0.39 is 15.2 Å². The van der Waals surface area contributed by atoms with Gasteiger partial charge in [0, 0.05) is 20.0 Å². The fourth-order valence-corrected chi connectivity index (χ4v) is 1.21. The predicted molar refractivity (Wildman–Crippen MR) is 46.3 cm³/mol. The smallest absolute Gasteiger partial charge is 0.225 e. The van der Waals surface area contributed by atoms with Gasteiger partial charge < -0.3 is 5.32 Å². The molecule has 0 bridgehead atoms. The molecule has 72 valence electrons. The van der Waals surface area contributed by atoms with Gasteiger partial charge in [-0.05, 0) is 0 Å². The van der Waals surface area contributed by atoms with Gasteiger partial charge in [0.2, 0.25) is 15.9 Å². The highest BCUT2D eigenvalue weighted by molar-refractivity contribution is 7.90. The van der Waals surface area contributed by atoms with Crippen molar-refractivity contribution in [3.63, 3.8) is 0 Å². The number of halogens is 1. The van der Waals surface area contributed by atoms with Crippen LogP contribution < -0.4 is 10.0 Å². The largest absolute Gasteiger partial charge is 0.359 e. The minimum Gasteiger partial charge on any atom is -0.359 e. The Kier molecular flexibility index (Phi) is 5.19. The predicted octanol–water partition coefficient (Wildman–Crippen LogP) is -0.762. The minimum absolute atomic E-state index is 0.0781. The van der Waals surface area contributed by atoms with Gasteiger partial charge in [-0.3, -0.25) is 4.79 Å². The van der Waals surface area contributed by atoms with Crippen LogP contribution >= 0.6 is 11.6 Å². The normalized spacial score (nSPS) is 11.2. The molecule has 7 heteroatoms. The van der Waals surface area contributed by atoms with E-state index in [1.807, 2.05) is 0 Å². The van der Waals surface area contributed by atoms with E-state index >= 15 is 0 Å². The molecule has 0 fully saturated rings. The van der Waals surface area contributed by atoms with Crippen molar-refractivity contribution in [1.82, 2.24) is 10.0 Å². The van der Waals surface area contributed by atoms with Crippen LogP contribution in [0.5, 0.6) is 0 Å². The zero-order valence-corrected chi connectivity index (χ0v) is 8.20. The maximum Gasteiger partial charge on any atom is 0.225 e. The highest BCUT2D eigenvalue weighted by atomic mass is 35.5. The molecule has 0 radical (unpaired) electrons. The van der Waals surface area contributed by atoms with Gasteiger partial charge in [-0.25, -0.2) is 13.1 Å². The Morgan fingerprint density at radius 2 is 2.08 bits per heavy atom. The molecule has 0 unspecified atom stereocenters. The summed E-state index contributed by atoms with van der Waals surface area (Å²) >= 11 is 5.09. The van der Waals surface area contributed by atoms with Crippen molar-refractivity contribution in [3.05, 3.63) is 0 Å². The third kappa shape index (κ3) is 5.34. The molecule has 2 N–H and O–H groups in total. The third-order valence-electron chi connectivity index (χ3n) is 1.10. The number of nitrogens with one attached hydrogen (secondary N) is 2. The average Bonchev–Trinajstić information content (AvgIpc) is 2.04. The van der Waals surface area contributed by atoms with E-state index in [1.165, 1.54) is 7.05 Å². The molecule has 0 spiro atoms. The highest BCUT2D eigenvalue weighted by Gasteiger charge is 2.07. The molecule has 1 amide bonds. The Labute approximate surface area is 76.5 Å². The lowest BCUT2D eigenvalue weighted by Gasteiger charge is -2.01. The summed E-state index contributed by atoms with van der Waals surface area (Å²) in [6.07, 6.45) is 0.118. The van der Waals surface area contributed by atoms with Crippen molar-refractivity contribution in [2.45, 2.75) is 6.42 Å². The van der Waals surface area contributed by atoms with Crippen LogP contribution in [-0.2, 0) is 14.8 Å². The van der Waals surface area contributed by atoms with Gasteiger partial charge in [-0.2, -0.15) is 0 Å². The van der Waals surface area contributed by atoms with Crippen LogP contribution in [0.1, 0.15) is 6.42 Å². The number of hydrogen-bond donors (Lipinski definition) is 2. The maximum atomic E-state index is 10.7. The average molecular weight is 215 g/mol. The summed E-state index contributed by atoms with van der Waals surface area (Å²) in [5, 5.41) is 1.88. The number of sulfonamides is 1. The van der Waals surface area contributed by atoms with Gasteiger partial charge in [-0.15, -0.1) is 11.6 Å². The van der Waals surface area contributed by atoms with Gasteiger partial charge >= 0.3 is 0 Å². The number of carbonyl (C=O) groups excluding carboxylic acids is 1. The zero-order valence-electron chi connectivity index (χ0n) is 6.63. The first-order valence-electron chi connectivity index (χ1n) is 3.25. The molecule has 0 heterocycles. The van der Waals surface area contributed by atoms with Crippen LogP contribution in [-0.4, -0.2) is 33.1 Å². The second-order valence-electron chi connectivity index (χ2n) is 2.04. The quantitative estimate of drug-likeness (QED) is 0.591. The number of carbonyl (C=O) groups is 1. The standard InChI is InChI=1S/C5H11ClN2O3S/c1-7-5(9)2-3-8-12(10,11)4-6/h8H,2-4H2,1H3,(H,7,9). The molecule has 0 aromatic carbocycles. The van der Waals surface area contributed by atoms with Gasteiger partial charge in [0.1, 0.15) is 5.21 Å².